The number of carbonyl (C=O) groups excluding carboxylic acids is 1. The summed E-state index contributed by atoms with van der Waals surface area (Å²) in [7, 11) is 0. The molecular formula is C16H23NO2. The molecule has 1 aliphatic carbocycles. The highest BCUT2D eigenvalue weighted by atomic mass is 16.5. The third kappa shape index (κ3) is 3.98. The van der Waals surface area contributed by atoms with Crippen molar-refractivity contribution in [2.45, 2.75) is 45.6 Å². The van der Waals surface area contributed by atoms with Gasteiger partial charge in [-0.15, -0.1) is 0 Å². The van der Waals surface area contributed by atoms with Crippen molar-refractivity contribution in [2.24, 2.45) is 5.92 Å². The van der Waals surface area contributed by atoms with Gasteiger partial charge in [0.1, 0.15) is 12.4 Å². The maximum absolute atomic E-state index is 12.0. The molecule has 3 heteroatoms. The average Bonchev–Trinajstić information content (AvgIpc) is 2.91. The molecule has 0 aliphatic heterocycles. The van der Waals surface area contributed by atoms with E-state index in [1.54, 1.807) is 0 Å². The molecule has 0 heterocycles. The Balaban J connectivity index is 1.76. The summed E-state index contributed by atoms with van der Waals surface area (Å²) in [6.07, 6.45) is 4.45. The minimum absolute atomic E-state index is 0.0488. The van der Waals surface area contributed by atoms with Gasteiger partial charge >= 0.3 is 0 Å². The van der Waals surface area contributed by atoms with Gasteiger partial charge in [-0.3, -0.25) is 4.79 Å². The molecule has 1 amide bonds. The normalized spacial score (nSPS) is 17.2. The quantitative estimate of drug-likeness (QED) is 0.884. The van der Waals surface area contributed by atoms with Gasteiger partial charge in [0.25, 0.3) is 0 Å². The maximum Gasteiger partial charge on any atom is 0.223 e. The van der Waals surface area contributed by atoms with Crippen LogP contribution in [0, 0.1) is 12.8 Å². The van der Waals surface area contributed by atoms with Crippen LogP contribution in [0.2, 0.25) is 0 Å². The minimum atomic E-state index is 0.0488. The van der Waals surface area contributed by atoms with E-state index in [9.17, 15) is 4.79 Å². The van der Waals surface area contributed by atoms with E-state index < -0.39 is 0 Å². The largest absolute Gasteiger partial charge is 0.491 e. The lowest BCUT2D eigenvalue weighted by Crippen LogP contribution is -2.39. The van der Waals surface area contributed by atoms with Crippen molar-refractivity contribution in [1.29, 1.82) is 0 Å². The molecule has 0 spiro atoms. The van der Waals surface area contributed by atoms with E-state index in [1.807, 2.05) is 38.1 Å². The molecule has 1 aliphatic rings. The predicted molar refractivity (Wildman–Crippen MR) is 76.2 cm³/mol. The lowest BCUT2D eigenvalue weighted by atomic mass is 10.1. The fourth-order valence-corrected chi connectivity index (χ4v) is 2.52. The van der Waals surface area contributed by atoms with Gasteiger partial charge in [0, 0.05) is 5.92 Å². The Morgan fingerprint density at radius 3 is 2.74 bits per heavy atom. The highest BCUT2D eigenvalue weighted by Crippen LogP contribution is 2.24. The van der Waals surface area contributed by atoms with Crippen molar-refractivity contribution < 1.29 is 9.53 Å². The van der Waals surface area contributed by atoms with Gasteiger partial charge in [0.2, 0.25) is 5.91 Å². The molecule has 1 aromatic carbocycles. The van der Waals surface area contributed by atoms with E-state index in [1.165, 1.54) is 12.8 Å². The summed E-state index contributed by atoms with van der Waals surface area (Å²) in [4.78, 5) is 12.0. The third-order valence-corrected chi connectivity index (χ3v) is 3.70. The smallest absolute Gasteiger partial charge is 0.223 e. The van der Waals surface area contributed by atoms with Gasteiger partial charge in [0.05, 0.1) is 6.04 Å². The molecule has 1 atom stereocenters. The number of amides is 1. The van der Waals surface area contributed by atoms with Crippen LogP contribution in [0.4, 0.5) is 0 Å². The van der Waals surface area contributed by atoms with Gasteiger partial charge in [-0.1, -0.05) is 31.0 Å². The molecule has 0 bridgehead atoms. The Morgan fingerprint density at radius 2 is 2.05 bits per heavy atom. The van der Waals surface area contributed by atoms with E-state index in [0.29, 0.717) is 6.61 Å². The third-order valence-electron chi connectivity index (χ3n) is 3.70. The zero-order valence-electron chi connectivity index (χ0n) is 11.8. The second kappa shape index (κ2) is 6.60. The second-order valence-corrected chi connectivity index (χ2v) is 5.47. The highest BCUT2D eigenvalue weighted by Gasteiger charge is 2.23. The van der Waals surface area contributed by atoms with Crippen molar-refractivity contribution in [3.8, 4) is 5.75 Å². The number of hydrogen-bond acceptors (Lipinski definition) is 2. The summed E-state index contributed by atoms with van der Waals surface area (Å²) in [5.41, 5.74) is 1.12. The van der Waals surface area contributed by atoms with Crippen LogP contribution in [0.3, 0.4) is 0 Å². The molecule has 0 saturated heterocycles. The second-order valence-electron chi connectivity index (χ2n) is 5.47. The predicted octanol–water partition coefficient (Wildman–Crippen LogP) is 3.07. The first-order valence-electron chi connectivity index (χ1n) is 7.15. The van der Waals surface area contributed by atoms with Crippen LogP contribution in [0.25, 0.3) is 0 Å². The fraction of sp³-hybridized carbons (Fsp3) is 0.562. The van der Waals surface area contributed by atoms with Gasteiger partial charge in [-0.25, -0.2) is 0 Å². The molecule has 19 heavy (non-hydrogen) atoms. The van der Waals surface area contributed by atoms with Gasteiger partial charge in [-0.2, -0.15) is 0 Å². The first-order chi connectivity index (χ1) is 9.16. The summed E-state index contributed by atoms with van der Waals surface area (Å²) in [5.74, 6) is 1.31. The van der Waals surface area contributed by atoms with Crippen LogP contribution < -0.4 is 10.1 Å². The summed E-state index contributed by atoms with van der Waals surface area (Å²) in [6, 6.07) is 7.99. The van der Waals surface area contributed by atoms with Crippen LogP contribution in [0.5, 0.6) is 5.75 Å². The van der Waals surface area contributed by atoms with Crippen LogP contribution in [0.1, 0.15) is 38.2 Å². The lowest BCUT2D eigenvalue weighted by Gasteiger charge is -2.18. The molecule has 0 unspecified atom stereocenters. The van der Waals surface area contributed by atoms with Crippen LogP contribution >= 0.6 is 0 Å². The summed E-state index contributed by atoms with van der Waals surface area (Å²) >= 11 is 0. The zero-order chi connectivity index (χ0) is 13.7. The number of carbonyl (C=O) groups is 1. The molecule has 1 N–H and O–H groups in total. The number of para-hydroxylation sites is 1. The van der Waals surface area contributed by atoms with Crippen molar-refractivity contribution in [2.75, 3.05) is 6.61 Å². The standard InChI is InChI=1S/C16H23NO2/c1-12-7-3-6-10-15(12)19-11-13(2)17-16(18)14-8-4-5-9-14/h3,6-7,10,13-14H,4-5,8-9,11H2,1-2H3,(H,17,18)/t13-/m1/s1. The SMILES string of the molecule is Cc1ccccc1OC[C@@H](C)NC(=O)C1CCCC1. The molecule has 1 fully saturated rings. The maximum atomic E-state index is 12.0. The Kier molecular flexibility index (Phi) is 4.83. The molecule has 3 nitrogen and oxygen atoms in total. The highest BCUT2D eigenvalue weighted by molar-refractivity contribution is 5.79. The van der Waals surface area contributed by atoms with Gasteiger partial charge < -0.3 is 10.1 Å². The monoisotopic (exact) mass is 261 g/mol. The molecule has 0 aromatic heterocycles. The molecule has 104 valence electrons. The van der Waals surface area contributed by atoms with E-state index in [0.717, 1.165) is 24.2 Å². The van der Waals surface area contributed by atoms with Crippen LogP contribution in [-0.2, 0) is 4.79 Å². The summed E-state index contributed by atoms with van der Waals surface area (Å²) in [5, 5.41) is 3.05. The van der Waals surface area contributed by atoms with Crippen LogP contribution in [0.15, 0.2) is 24.3 Å². The topological polar surface area (TPSA) is 38.3 Å². The number of nitrogens with one attached hydrogen (secondary N) is 1. The molecule has 2 rings (SSSR count). The van der Waals surface area contributed by atoms with Crippen molar-refractivity contribution in [1.82, 2.24) is 5.32 Å². The fourth-order valence-electron chi connectivity index (χ4n) is 2.52. The number of aryl methyl sites for hydroxylation is 1. The van der Waals surface area contributed by atoms with Crippen molar-refractivity contribution in [3.63, 3.8) is 0 Å². The van der Waals surface area contributed by atoms with Gasteiger partial charge in [-0.05, 0) is 38.3 Å². The number of rotatable bonds is 5. The van der Waals surface area contributed by atoms with E-state index in [-0.39, 0.29) is 17.9 Å². The molecule has 0 radical (unpaired) electrons. The van der Waals surface area contributed by atoms with Crippen molar-refractivity contribution in [3.05, 3.63) is 29.8 Å². The summed E-state index contributed by atoms with van der Waals surface area (Å²) in [6.45, 7) is 4.53. The number of hydrogen-bond donors (Lipinski definition) is 1. The van der Waals surface area contributed by atoms with E-state index in [4.69, 9.17) is 4.74 Å². The van der Waals surface area contributed by atoms with Gasteiger partial charge in [0.15, 0.2) is 0 Å². The average molecular weight is 261 g/mol. The Hall–Kier alpha value is -1.51. The molecule has 1 saturated carbocycles. The number of benzene rings is 1. The lowest BCUT2D eigenvalue weighted by molar-refractivity contribution is -0.125. The Labute approximate surface area is 115 Å². The van der Waals surface area contributed by atoms with E-state index >= 15 is 0 Å². The first-order valence-corrected chi connectivity index (χ1v) is 7.15. The molecular weight excluding hydrogens is 238 g/mol. The number of ether oxygens (including phenoxy) is 1. The van der Waals surface area contributed by atoms with Crippen LogP contribution in [-0.4, -0.2) is 18.6 Å². The minimum Gasteiger partial charge on any atom is -0.491 e. The first kappa shape index (κ1) is 13.9. The Morgan fingerprint density at radius 1 is 1.37 bits per heavy atom. The molecule has 1 aromatic rings. The Bertz CT molecular complexity index is 425. The zero-order valence-corrected chi connectivity index (χ0v) is 11.8. The summed E-state index contributed by atoms with van der Waals surface area (Å²) < 4.78 is 5.75. The van der Waals surface area contributed by atoms with E-state index in [2.05, 4.69) is 5.32 Å². The van der Waals surface area contributed by atoms with Crippen molar-refractivity contribution >= 4 is 5.91 Å².